The largest absolute Gasteiger partial charge is 0.514 e. The van der Waals surface area contributed by atoms with Crippen LogP contribution in [0.3, 0.4) is 0 Å². The molecule has 3 fully saturated rings. The van der Waals surface area contributed by atoms with E-state index in [-0.39, 0.29) is 44.8 Å². The van der Waals surface area contributed by atoms with Crippen molar-refractivity contribution in [2.75, 3.05) is 0 Å². The maximum Gasteiger partial charge on any atom is 0.306 e. The van der Waals surface area contributed by atoms with Crippen molar-refractivity contribution in [3.8, 4) is 0 Å². The Kier molecular flexibility index (Phi) is 6.33. The van der Waals surface area contributed by atoms with Crippen LogP contribution >= 0.6 is 0 Å². The van der Waals surface area contributed by atoms with Crippen LogP contribution in [0.15, 0.2) is 5.57 Å². The fraction of sp³-hybridized carbons (Fsp3) is 0.842. The van der Waals surface area contributed by atoms with E-state index in [4.69, 9.17) is 11.3 Å². The summed E-state index contributed by atoms with van der Waals surface area (Å²) in [4.78, 5) is 11.2. The molecule has 0 aromatic heterocycles. The van der Waals surface area contributed by atoms with Crippen molar-refractivity contribution in [2.45, 2.75) is 77.7 Å². The number of hydrogen-bond donors (Lipinski definition) is 0. The number of allylic oxidation sites excluding steroid dienone is 1. The molecule has 22 heavy (non-hydrogen) atoms. The molecule has 0 aromatic carbocycles. The first kappa shape index (κ1) is 18.6. The summed E-state index contributed by atoms with van der Waals surface area (Å²) in [5.41, 5.74) is 1.69. The van der Waals surface area contributed by atoms with Crippen LogP contribution < -0.4 is 0 Å². The SMILES string of the molecule is [CH-]=C1CCC[C@@]2(C)C1CC[C@@H]2C(C)CCC1CCC(=O)O1.[Y]. The molecule has 3 heteroatoms. The van der Waals surface area contributed by atoms with Gasteiger partial charge in [-0.15, -0.1) is 0 Å². The van der Waals surface area contributed by atoms with E-state index in [0.717, 1.165) is 25.2 Å². The van der Waals surface area contributed by atoms with Crippen LogP contribution in [0.1, 0.15) is 71.6 Å². The predicted molar refractivity (Wildman–Crippen MR) is 83.5 cm³/mol. The molecular weight excluding hydrogens is 349 g/mol. The molecule has 5 atom stereocenters. The Morgan fingerprint density at radius 1 is 1.32 bits per heavy atom. The van der Waals surface area contributed by atoms with Gasteiger partial charge >= 0.3 is 5.97 Å². The summed E-state index contributed by atoms with van der Waals surface area (Å²) < 4.78 is 5.36. The summed E-state index contributed by atoms with van der Waals surface area (Å²) in [6, 6.07) is 0. The molecule has 1 radical (unpaired) electrons. The molecule has 1 aliphatic heterocycles. The fourth-order valence-electron chi connectivity index (χ4n) is 5.45. The molecule has 0 aromatic rings. The number of hydrogen-bond acceptors (Lipinski definition) is 2. The zero-order chi connectivity index (χ0) is 15.0. The van der Waals surface area contributed by atoms with Gasteiger partial charge in [-0.2, -0.15) is 0 Å². The zero-order valence-corrected chi connectivity index (χ0v) is 17.0. The first-order valence-electron chi connectivity index (χ1n) is 8.81. The van der Waals surface area contributed by atoms with Crippen LogP contribution in [0.5, 0.6) is 0 Å². The van der Waals surface area contributed by atoms with Crippen molar-refractivity contribution in [1.29, 1.82) is 0 Å². The van der Waals surface area contributed by atoms with Crippen molar-refractivity contribution in [3.05, 3.63) is 12.2 Å². The van der Waals surface area contributed by atoms with Crippen molar-refractivity contribution in [1.82, 2.24) is 0 Å². The molecule has 2 saturated carbocycles. The molecule has 2 aliphatic carbocycles. The summed E-state index contributed by atoms with van der Waals surface area (Å²) >= 11 is 0. The van der Waals surface area contributed by atoms with Crippen molar-refractivity contribution in [2.24, 2.45) is 23.2 Å². The van der Waals surface area contributed by atoms with Crippen LogP contribution in [0.4, 0.5) is 0 Å². The standard InChI is InChI=1S/C19H29O2.Y/c1-13-5-4-12-19(3)16(13)9-10-17(19)14(2)6-7-15-8-11-18(20)21-15;/h1,14-17H,4-12H2,2-3H3;/q-1;/t14?,15?,16?,17-,19+;/m1./s1. The Morgan fingerprint density at radius 3 is 2.77 bits per heavy atom. The van der Waals surface area contributed by atoms with Crippen LogP contribution in [-0.2, 0) is 42.2 Å². The molecule has 2 nitrogen and oxygen atoms in total. The third-order valence-corrected chi connectivity index (χ3v) is 6.64. The summed E-state index contributed by atoms with van der Waals surface area (Å²) in [7, 11) is 0. The Hall–Kier alpha value is 0.314. The van der Waals surface area contributed by atoms with Gasteiger partial charge in [-0.25, -0.2) is 0 Å². The Balaban J connectivity index is 0.00000176. The molecule has 1 saturated heterocycles. The summed E-state index contributed by atoms with van der Waals surface area (Å²) in [6.07, 6.45) is 10.3. The number of fused-ring (bicyclic) bond motifs is 1. The van der Waals surface area contributed by atoms with Gasteiger partial charge in [-0.05, 0) is 61.7 Å². The van der Waals surface area contributed by atoms with E-state index in [1.165, 1.54) is 37.7 Å². The minimum atomic E-state index is -0.00445. The van der Waals surface area contributed by atoms with E-state index in [1.54, 1.807) is 0 Å². The quantitative estimate of drug-likeness (QED) is 0.524. The van der Waals surface area contributed by atoms with Crippen molar-refractivity contribution >= 4 is 5.97 Å². The van der Waals surface area contributed by atoms with E-state index < -0.39 is 0 Å². The molecule has 3 unspecified atom stereocenters. The summed E-state index contributed by atoms with van der Waals surface area (Å²) in [5.74, 6) is 2.15. The van der Waals surface area contributed by atoms with Crippen molar-refractivity contribution in [3.63, 3.8) is 0 Å². The Bertz CT molecular complexity index is 433. The van der Waals surface area contributed by atoms with Gasteiger partial charge in [0.1, 0.15) is 6.10 Å². The zero-order valence-electron chi connectivity index (χ0n) is 14.1. The number of ether oxygens (including phenoxy) is 1. The number of carbonyl (C=O) groups is 1. The number of rotatable bonds is 4. The van der Waals surface area contributed by atoms with E-state index in [2.05, 4.69) is 13.8 Å². The smallest absolute Gasteiger partial charge is 0.306 e. The first-order valence-corrected chi connectivity index (χ1v) is 8.81. The Morgan fingerprint density at radius 2 is 2.09 bits per heavy atom. The van der Waals surface area contributed by atoms with Crippen molar-refractivity contribution < 1.29 is 42.2 Å². The minimum absolute atomic E-state index is 0. The second-order valence-corrected chi connectivity index (χ2v) is 7.88. The molecule has 0 N–H and O–H groups in total. The van der Waals surface area contributed by atoms with Crippen LogP contribution in [0.25, 0.3) is 0 Å². The maximum absolute atomic E-state index is 11.2. The topological polar surface area (TPSA) is 26.3 Å². The van der Waals surface area contributed by atoms with Gasteiger partial charge in [0.2, 0.25) is 0 Å². The average Bonchev–Trinajstić information content (AvgIpc) is 3.00. The Labute approximate surface area is 160 Å². The molecule has 3 aliphatic rings. The third-order valence-electron chi connectivity index (χ3n) is 6.64. The third kappa shape index (κ3) is 3.53. The van der Waals surface area contributed by atoms with Crippen LogP contribution in [-0.4, -0.2) is 12.1 Å². The molecule has 3 rings (SSSR count). The van der Waals surface area contributed by atoms with Gasteiger partial charge in [-0.3, -0.25) is 10.4 Å². The second kappa shape index (κ2) is 7.47. The first-order chi connectivity index (χ1) is 10.0. The fourth-order valence-corrected chi connectivity index (χ4v) is 5.45. The van der Waals surface area contributed by atoms with Gasteiger partial charge in [0.05, 0.1) is 0 Å². The van der Waals surface area contributed by atoms with Crippen LogP contribution in [0, 0.1) is 29.7 Å². The monoisotopic (exact) mass is 378 g/mol. The molecule has 1 heterocycles. The van der Waals surface area contributed by atoms with E-state index in [9.17, 15) is 4.79 Å². The van der Waals surface area contributed by atoms with Gasteiger partial charge in [0.15, 0.2) is 0 Å². The summed E-state index contributed by atoms with van der Waals surface area (Å²) in [5, 5.41) is 0. The van der Waals surface area contributed by atoms with Gasteiger partial charge in [-0.1, -0.05) is 26.7 Å². The van der Waals surface area contributed by atoms with Crippen LogP contribution in [0.2, 0.25) is 0 Å². The number of cyclic esters (lactones) is 1. The minimum Gasteiger partial charge on any atom is -0.514 e. The average molecular weight is 378 g/mol. The maximum atomic E-state index is 11.2. The molecule has 121 valence electrons. The van der Waals surface area contributed by atoms with Gasteiger partial charge in [0, 0.05) is 39.1 Å². The van der Waals surface area contributed by atoms with Gasteiger partial charge < -0.3 is 11.3 Å². The van der Waals surface area contributed by atoms with E-state index in [1.807, 2.05) is 0 Å². The number of esters is 1. The number of carbonyl (C=O) groups excluding carboxylic acids is 1. The second-order valence-electron chi connectivity index (χ2n) is 7.88. The molecule has 0 bridgehead atoms. The van der Waals surface area contributed by atoms with E-state index >= 15 is 0 Å². The predicted octanol–water partition coefficient (Wildman–Crippen LogP) is 4.68. The van der Waals surface area contributed by atoms with Gasteiger partial charge in [0.25, 0.3) is 0 Å². The molecular formula is C19H29O2Y-. The molecule has 0 amide bonds. The normalized spacial score (nSPS) is 39.1. The summed E-state index contributed by atoms with van der Waals surface area (Å²) in [6.45, 7) is 11.2. The van der Waals surface area contributed by atoms with E-state index in [0.29, 0.717) is 23.7 Å². The molecule has 0 spiro atoms.